The number of rotatable bonds is 5. The van der Waals surface area contributed by atoms with Gasteiger partial charge in [-0.2, -0.15) is 0 Å². The number of hydrogen-bond acceptors (Lipinski definition) is 3. The van der Waals surface area contributed by atoms with E-state index in [2.05, 4.69) is 15.9 Å². The van der Waals surface area contributed by atoms with Gasteiger partial charge in [-0.25, -0.2) is 0 Å². The molecule has 0 fully saturated rings. The normalized spacial score (nSPS) is 10.0. The summed E-state index contributed by atoms with van der Waals surface area (Å²) in [5.74, 6) is 0.376. The Hall–Kier alpha value is -1.36. The SMILES string of the molecule is COc1ccc(Br)cc1C(=O)CCC(=O)N(C)C. The number of ketones is 1. The first-order chi connectivity index (χ1) is 8.45. The minimum Gasteiger partial charge on any atom is -0.496 e. The van der Waals surface area contributed by atoms with Crippen LogP contribution in [0.3, 0.4) is 0 Å². The fraction of sp³-hybridized carbons (Fsp3) is 0.385. The monoisotopic (exact) mass is 313 g/mol. The zero-order valence-corrected chi connectivity index (χ0v) is 12.3. The average molecular weight is 314 g/mol. The number of amides is 1. The molecule has 0 spiro atoms. The third-order valence-corrected chi connectivity index (χ3v) is 3.02. The van der Waals surface area contributed by atoms with Crippen LogP contribution in [0.25, 0.3) is 0 Å². The summed E-state index contributed by atoms with van der Waals surface area (Å²) in [5.41, 5.74) is 0.499. The highest BCUT2D eigenvalue weighted by atomic mass is 79.9. The summed E-state index contributed by atoms with van der Waals surface area (Å²) >= 11 is 3.31. The Morgan fingerprint density at radius 3 is 2.50 bits per heavy atom. The number of ether oxygens (including phenoxy) is 1. The molecule has 0 heterocycles. The van der Waals surface area contributed by atoms with Crippen molar-refractivity contribution in [1.29, 1.82) is 0 Å². The van der Waals surface area contributed by atoms with E-state index >= 15 is 0 Å². The summed E-state index contributed by atoms with van der Waals surface area (Å²) in [7, 11) is 4.87. The van der Waals surface area contributed by atoms with E-state index in [1.807, 2.05) is 0 Å². The van der Waals surface area contributed by atoms with E-state index in [1.54, 1.807) is 32.3 Å². The van der Waals surface area contributed by atoms with Crippen molar-refractivity contribution in [3.8, 4) is 5.75 Å². The molecule has 0 aliphatic heterocycles. The zero-order chi connectivity index (χ0) is 13.7. The fourth-order valence-corrected chi connectivity index (χ4v) is 1.84. The van der Waals surface area contributed by atoms with Crippen LogP contribution in [0.4, 0.5) is 0 Å². The lowest BCUT2D eigenvalue weighted by Gasteiger charge is -2.11. The molecule has 1 aromatic carbocycles. The van der Waals surface area contributed by atoms with Crippen LogP contribution in [0.5, 0.6) is 5.75 Å². The van der Waals surface area contributed by atoms with Crippen molar-refractivity contribution in [2.45, 2.75) is 12.8 Å². The minimum atomic E-state index is -0.0941. The third kappa shape index (κ3) is 3.84. The Labute approximate surface area is 115 Å². The molecular formula is C13H16BrNO3. The van der Waals surface area contributed by atoms with E-state index in [0.717, 1.165) is 4.47 Å². The van der Waals surface area contributed by atoms with Crippen molar-refractivity contribution in [2.24, 2.45) is 0 Å². The van der Waals surface area contributed by atoms with Gasteiger partial charge < -0.3 is 9.64 Å². The van der Waals surface area contributed by atoms with Crippen LogP contribution in [0.15, 0.2) is 22.7 Å². The number of halogens is 1. The number of nitrogens with zero attached hydrogens (tertiary/aromatic N) is 1. The van der Waals surface area contributed by atoms with Crippen molar-refractivity contribution in [2.75, 3.05) is 21.2 Å². The average Bonchev–Trinajstić information content (AvgIpc) is 2.35. The van der Waals surface area contributed by atoms with Gasteiger partial charge in [0.1, 0.15) is 5.75 Å². The molecule has 1 amide bonds. The lowest BCUT2D eigenvalue weighted by molar-refractivity contribution is -0.128. The highest BCUT2D eigenvalue weighted by Crippen LogP contribution is 2.24. The number of methoxy groups -OCH3 is 1. The molecule has 5 heteroatoms. The van der Waals surface area contributed by atoms with Gasteiger partial charge in [0.15, 0.2) is 5.78 Å². The molecule has 0 aromatic heterocycles. The van der Waals surface area contributed by atoms with Gasteiger partial charge in [0.05, 0.1) is 12.7 Å². The number of carbonyl (C=O) groups excluding carboxylic acids is 2. The summed E-state index contributed by atoms with van der Waals surface area (Å²) in [4.78, 5) is 24.9. The lowest BCUT2D eigenvalue weighted by atomic mass is 10.1. The van der Waals surface area contributed by atoms with Gasteiger partial charge in [-0.15, -0.1) is 0 Å². The largest absolute Gasteiger partial charge is 0.496 e. The Bertz CT molecular complexity index is 458. The van der Waals surface area contributed by atoms with Crippen molar-refractivity contribution in [3.05, 3.63) is 28.2 Å². The smallest absolute Gasteiger partial charge is 0.222 e. The molecule has 1 aromatic rings. The quantitative estimate of drug-likeness (QED) is 0.785. The molecule has 0 saturated carbocycles. The fourth-order valence-electron chi connectivity index (χ4n) is 1.48. The second-order valence-electron chi connectivity index (χ2n) is 4.06. The van der Waals surface area contributed by atoms with Gasteiger partial charge in [-0.05, 0) is 18.2 Å². The first-order valence-electron chi connectivity index (χ1n) is 5.52. The van der Waals surface area contributed by atoms with E-state index in [0.29, 0.717) is 11.3 Å². The van der Waals surface area contributed by atoms with E-state index < -0.39 is 0 Å². The molecule has 18 heavy (non-hydrogen) atoms. The second-order valence-corrected chi connectivity index (χ2v) is 4.97. The van der Waals surface area contributed by atoms with Crippen molar-refractivity contribution >= 4 is 27.6 Å². The maximum Gasteiger partial charge on any atom is 0.222 e. The summed E-state index contributed by atoms with van der Waals surface area (Å²) in [6.45, 7) is 0. The molecule has 0 aliphatic rings. The number of benzene rings is 1. The van der Waals surface area contributed by atoms with Crippen molar-refractivity contribution in [1.82, 2.24) is 4.90 Å². The van der Waals surface area contributed by atoms with Crippen molar-refractivity contribution in [3.63, 3.8) is 0 Å². The number of carbonyl (C=O) groups is 2. The standard InChI is InChI=1S/C13H16BrNO3/c1-15(2)13(17)7-5-11(16)10-8-9(14)4-6-12(10)18-3/h4,6,8H,5,7H2,1-3H3. The topological polar surface area (TPSA) is 46.6 Å². The maximum atomic E-state index is 12.0. The predicted molar refractivity (Wildman–Crippen MR) is 73.0 cm³/mol. The Morgan fingerprint density at radius 2 is 1.94 bits per heavy atom. The molecule has 4 nitrogen and oxygen atoms in total. The summed E-state index contributed by atoms with van der Waals surface area (Å²) in [6.07, 6.45) is 0.394. The minimum absolute atomic E-state index is 0.0580. The zero-order valence-electron chi connectivity index (χ0n) is 10.7. The highest BCUT2D eigenvalue weighted by molar-refractivity contribution is 9.10. The molecule has 0 N–H and O–H groups in total. The first kappa shape index (κ1) is 14.7. The van der Waals surface area contributed by atoms with E-state index in [1.165, 1.54) is 12.0 Å². The maximum absolute atomic E-state index is 12.0. The van der Waals surface area contributed by atoms with Gasteiger partial charge >= 0.3 is 0 Å². The van der Waals surface area contributed by atoms with Crippen LogP contribution < -0.4 is 4.74 Å². The Balaban J connectivity index is 2.78. The van der Waals surface area contributed by atoms with Gasteiger partial charge in [0.25, 0.3) is 0 Å². The molecule has 0 radical (unpaired) electrons. The van der Waals surface area contributed by atoms with E-state index in [4.69, 9.17) is 4.74 Å². The number of Topliss-reactive ketones (excluding diaryl/α,β-unsaturated/α-hetero) is 1. The predicted octanol–water partition coefficient (Wildman–Crippen LogP) is 2.51. The van der Waals surface area contributed by atoms with Crippen molar-refractivity contribution < 1.29 is 14.3 Å². The Morgan fingerprint density at radius 1 is 1.28 bits per heavy atom. The molecule has 0 bridgehead atoms. The molecule has 98 valence electrons. The van der Waals surface area contributed by atoms with Crippen LogP contribution in [-0.4, -0.2) is 37.8 Å². The summed E-state index contributed by atoms with van der Waals surface area (Å²) in [6, 6.07) is 5.24. The summed E-state index contributed by atoms with van der Waals surface area (Å²) < 4.78 is 5.95. The molecule has 0 aliphatic carbocycles. The molecule has 0 unspecified atom stereocenters. The van der Waals surface area contributed by atoms with Gasteiger partial charge in [-0.3, -0.25) is 9.59 Å². The van der Waals surface area contributed by atoms with Gasteiger partial charge in [0.2, 0.25) is 5.91 Å². The Kier molecular flexibility index (Phi) is 5.34. The molecule has 1 rings (SSSR count). The lowest BCUT2D eigenvalue weighted by Crippen LogP contribution is -2.22. The summed E-state index contributed by atoms with van der Waals surface area (Å²) in [5, 5.41) is 0. The van der Waals surface area contributed by atoms with Crippen LogP contribution in [-0.2, 0) is 4.79 Å². The van der Waals surface area contributed by atoms with E-state index in [-0.39, 0.29) is 24.5 Å². The number of hydrogen-bond donors (Lipinski definition) is 0. The highest BCUT2D eigenvalue weighted by Gasteiger charge is 2.15. The van der Waals surface area contributed by atoms with Crippen LogP contribution in [0, 0.1) is 0 Å². The third-order valence-electron chi connectivity index (χ3n) is 2.53. The van der Waals surface area contributed by atoms with Crippen LogP contribution in [0.1, 0.15) is 23.2 Å². The first-order valence-corrected chi connectivity index (χ1v) is 6.32. The second kappa shape index (κ2) is 6.54. The molecule has 0 saturated heterocycles. The van der Waals surface area contributed by atoms with Gasteiger partial charge in [0, 0.05) is 31.4 Å². The van der Waals surface area contributed by atoms with Crippen LogP contribution in [0.2, 0.25) is 0 Å². The van der Waals surface area contributed by atoms with Gasteiger partial charge in [-0.1, -0.05) is 15.9 Å². The van der Waals surface area contributed by atoms with Crippen LogP contribution >= 0.6 is 15.9 Å². The van der Waals surface area contributed by atoms with E-state index in [9.17, 15) is 9.59 Å². The molecule has 0 atom stereocenters. The molecular weight excluding hydrogens is 298 g/mol.